The highest BCUT2D eigenvalue weighted by molar-refractivity contribution is 5.92. The smallest absolute Gasteiger partial charge is 0.250 e. The molecule has 0 aliphatic carbocycles. The van der Waals surface area contributed by atoms with Gasteiger partial charge in [-0.3, -0.25) is 9.79 Å². The molecule has 6 heteroatoms. The van der Waals surface area contributed by atoms with Crippen LogP contribution in [0.2, 0.25) is 0 Å². The van der Waals surface area contributed by atoms with Crippen molar-refractivity contribution in [3.63, 3.8) is 0 Å². The number of carbonyl (C=O) groups excluding carboxylic acids is 1. The van der Waals surface area contributed by atoms with Crippen LogP contribution in [0.3, 0.4) is 0 Å². The number of amides is 1. The Kier molecular flexibility index (Phi) is 5.43. The van der Waals surface area contributed by atoms with E-state index in [4.69, 9.17) is 14.9 Å². The van der Waals surface area contributed by atoms with E-state index in [9.17, 15) is 4.79 Å². The first kappa shape index (κ1) is 17.4. The van der Waals surface area contributed by atoms with Crippen LogP contribution in [0.1, 0.15) is 28.6 Å². The van der Waals surface area contributed by atoms with Crippen LogP contribution in [-0.4, -0.2) is 23.1 Å². The zero-order valence-corrected chi connectivity index (χ0v) is 14.3. The van der Waals surface area contributed by atoms with Crippen molar-refractivity contribution >= 4 is 12.1 Å². The number of benzene rings is 1. The van der Waals surface area contributed by atoms with Gasteiger partial charge in [0.25, 0.3) is 0 Å². The molecule has 2 heterocycles. The summed E-state index contributed by atoms with van der Waals surface area (Å²) in [4.78, 5) is 19.6. The standard InChI is InChI=1S/C20H19N3O3/c1-14(22-13-18-3-2-10-25-18)11-15-4-7-17(8-5-15)26-19-9-6-16(12-23-19)20(21)24/h2-10,12-14H,11H2,1H3,(H2,21,24). The maximum absolute atomic E-state index is 11.0. The SMILES string of the molecule is CC(Cc1ccc(Oc2ccc(C(N)=O)cn2)cc1)N=Cc1ccco1. The molecule has 26 heavy (non-hydrogen) atoms. The molecule has 0 aliphatic heterocycles. The summed E-state index contributed by atoms with van der Waals surface area (Å²) in [7, 11) is 0. The number of rotatable bonds is 7. The van der Waals surface area contributed by atoms with E-state index < -0.39 is 5.91 Å². The summed E-state index contributed by atoms with van der Waals surface area (Å²) < 4.78 is 10.9. The van der Waals surface area contributed by atoms with Gasteiger partial charge in [0.15, 0.2) is 0 Å². The summed E-state index contributed by atoms with van der Waals surface area (Å²) in [5, 5.41) is 0. The molecule has 2 aromatic heterocycles. The fourth-order valence-corrected chi connectivity index (χ4v) is 2.36. The lowest BCUT2D eigenvalue weighted by molar-refractivity contribution is 0.1000. The predicted octanol–water partition coefficient (Wildman–Crippen LogP) is 3.62. The van der Waals surface area contributed by atoms with Gasteiger partial charge in [-0.25, -0.2) is 4.98 Å². The summed E-state index contributed by atoms with van der Waals surface area (Å²) in [5.41, 5.74) is 6.68. The van der Waals surface area contributed by atoms with Crippen molar-refractivity contribution in [1.82, 2.24) is 4.98 Å². The van der Waals surface area contributed by atoms with Crippen molar-refractivity contribution in [2.24, 2.45) is 10.7 Å². The Balaban J connectivity index is 1.56. The van der Waals surface area contributed by atoms with E-state index >= 15 is 0 Å². The fourth-order valence-electron chi connectivity index (χ4n) is 2.36. The molecule has 0 saturated carbocycles. The van der Waals surface area contributed by atoms with E-state index in [1.807, 2.05) is 43.3 Å². The van der Waals surface area contributed by atoms with Crippen molar-refractivity contribution in [2.75, 3.05) is 0 Å². The normalized spacial score (nSPS) is 12.2. The van der Waals surface area contributed by atoms with E-state index in [0.29, 0.717) is 17.2 Å². The summed E-state index contributed by atoms with van der Waals surface area (Å²) in [6.45, 7) is 2.05. The number of furan rings is 1. The van der Waals surface area contributed by atoms with E-state index in [1.165, 1.54) is 6.20 Å². The highest BCUT2D eigenvalue weighted by Crippen LogP contribution is 2.20. The van der Waals surface area contributed by atoms with Crippen molar-refractivity contribution in [1.29, 1.82) is 0 Å². The number of hydrogen-bond donors (Lipinski definition) is 1. The molecule has 3 aromatic rings. The van der Waals surface area contributed by atoms with Crippen LogP contribution in [0.15, 0.2) is 70.4 Å². The molecule has 0 fully saturated rings. The molecule has 132 valence electrons. The highest BCUT2D eigenvalue weighted by Gasteiger charge is 2.05. The molecule has 1 unspecified atom stereocenters. The lowest BCUT2D eigenvalue weighted by Gasteiger charge is -2.08. The molecule has 2 N–H and O–H groups in total. The van der Waals surface area contributed by atoms with Gasteiger partial charge in [-0.1, -0.05) is 12.1 Å². The van der Waals surface area contributed by atoms with E-state index in [-0.39, 0.29) is 6.04 Å². The topological polar surface area (TPSA) is 90.7 Å². The molecule has 0 radical (unpaired) electrons. The number of primary amides is 1. The Labute approximate surface area is 151 Å². The monoisotopic (exact) mass is 349 g/mol. The Hall–Kier alpha value is -3.41. The number of ether oxygens (including phenoxy) is 1. The zero-order chi connectivity index (χ0) is 18.4. The lowest BCUT2D eigenvalue weighted by atomic mass is 10.1. The average molecular weight is 349 g/mol. The molecule has 1 atom stereocenters. The van der Waals surface area contributed by atoms with Crippen molar-refractivity contribution < 1.29 is 13.9 Å². The van der Waals surface area contributed by atoms with E-state index in [2.05, 4.69) is 9.98 Å². The first-order chi connectivity index (χ1) is 12.6. The first-order valence-electron chi connectivity index (χ1n) is 8.19. The van der Waals surface area contributed by atoms with Gasteiger partial charge in [0.2, 0.25) is 11.8 Å². The molecule has 6 nitrogen and oxygen atoms in total. The second kappa shape index (κ2) is 8.11. The fraction of sp³-hybridized carbons (Fsp3) is 0.150. The van der Waals surface area contributed by atoms with Crippen LogP contribution in [-0.2, 0) is 6.42 Å². The van der Waals surface area contributed by atoms with Crippen molar-refractivity contribution in [3.8, 4) is 11.6 Å². The molecule has 0 aliphatic rings. The molecular formula is C20H19N3O3. The number of pyridine rings is 1. The van der Waals surface area contributed by atoms with Gasteiger partial charge in [0, 0.05) is 12.3 Å². The third kappa shape index (κ3) is 4.80. The van der Waals surface area contributed by atoms with Crippen LogP contribution in [0.4, 0.5) is 0 Å². The predicted molar refractivity (Wildman–Crippen MR) is 98.7 cm³/mol. The lowest BCUT2D eigenvalue weighted by Crippen LogP contribution is -2.10. The van der Waals surface area contributed by atoms with Gasteiger partial charge >= 0.3 is 0 Å². The number of nitrogens with two attached hydrogens (primary N) is 1. The van der Waals surface area contributed by atoms with E-state index in [0.717, 1.165) is 17.7 Å². The van der Waals surface area contributed by atoms with Crippen LogP contribution in [0.25, 0.3) is 0 Å². The molecule has 0 saturated heterocycles. The summed E-state index contributed by atoms with van der Waals surface area (Å²) in [6.07, 6.45) is 5.57. The zero-order valence-electron chi connectivity index (χ0n) is 14.3. The minimum Gasteiger partial charge on any atom is -0.463 e. The van der Waals surface area contributed by atoms with Gasteiger partial charge in [0.05, 0.1) is 24.1 Å². The van der Waals surface area contributed by atoms with Crippen LogP contribution < -0.4 is 10.5 Å². The number of carbonyl (C=O) groups is 1. The molecule has 1 amide bonds. The van der Waals surface area contributed by atoms with Crippen LogP contribution in [0.5, 0.6) is 11.6 Å². The van der Waals surface area contributed by atoms with Crippen molar-refractivity contribution in [3.05, 3.63) is 77.9 Å². The second-order valence-electron chi connectivity index (χ2n) is 5.84. The maximum Gasteiger partial charge on any atom is 0.250 e. The summed E-state index contributed by atoms with van der Waals surface area (Å²) in [5.74, 6) is 1.30. The number of hydrogen-bond acceptors (Lipinski definition) is 5. The Morgan fingerprint density at radius 1 is 1.27 bits per heavy atom. The second-order valence-corrected chi connectivity index (χ2v) is 5.84. The summed E-state index contributed by atoms with van der Waals surface area (Å²) in [6, 6.07) is 14.8. The summed E-state index contributed by atoms with van der Waals surface area (Å²) >= 11 is 0. The molecule has 0 spiro atoms. The minimum atomic E-state index is -0.516. The number of nitrogens with zero attached hydrogens (tertiary/aromatic N) is 2. The first-order valence-corrected chi connectivity index (χ1v) is 8.19. The third-order valence-electron chi connectivity index (χ3n) is 3.70. The number of aromatic nitrogens is 1. The molecule has 3 rings (SSSR count). The highest BCUT2D eigenvalue weighted by atomic mass is 16.5. The Morgan fingerprint density at radius 2 is 2.08 bits per heavy atom. The van der Waals surface area contributed by atoms with Gasteiger partial charge in [-0.2, -0.15) is 0 Å². The Morgan fingerprint density at radius 3 is 2.69 bits per heavy atom. The van der Waals surface area contributed by atoms with Crippen LogP contribution in [0, 0.1) is 0 Å². The van der Waals surface area contributed by atoms with Gasteiger partial charge in [-0.05, 0) is 49.2 Å². The van der Waals surface area contributed by atoms with Gasteiger partial charge in [-0.15, -0.1) is 0 Å². The quantitative estimate of drug-likeness (QED) is 0.660. The maximum atomic E-state index is 11.0. The average Bonchev–Trinajstić information content (AvgIpc) is 3.16. The third-order valence-corrected chi connectivity index (χ3v) is 3.70. The molecule has 0 bridgehead atoms. The Bertz CT molecular complexity index is 870. The number of aliphatic imine (C=N–C) groups is 1. The van der Waals surface area contributed by atoms with E-state index in [1.54, 1.807) is 24.6 Å². The van der Waals surface area contributed by atoms with Crippen molar-refractivity contribution in [2.45, 2.75) is 19.4 Å². The van der Waals surface area contributed by atoms with Gasteiger partial charge < -0.3 is 14.9 Å². The van der Waals surface area contributed by atoms with Gasteiger partial charge in [0.1, 0.15) is 11.5 Å². The minimum absolute atomic E-state index is 0.134. The molecular weight excluding hydrogens is 330 g/mol. The largest absolute Gasteiger partial charge is 0.463 e. The molecule has 1 aromatic carbocycles. The van der Waals surface area contributed by atoms with Crippen LogP contribution >= 0.6 is 0 Å².